The van der Waals surface area contributed by atoms with Crippen molar-refractivity contribution in [2.24, 2.45) is 0 Å². The van der Waals surface area contributed by atoms with Gasteiger partial charge in [0.2, 0.25) is 0 Å². The Labute approximate surface area is 88.9 Å². The fourth-order valence-corrected chi connectivity index (χ4v) is 1.14. The molecule has 0 unspecified atom stereocenters. The second-order valence-corrected chi connectivity index (χ2v) is 3.74. The molecule has 0 amide bonds. The molecule has 4 nitrogen and oxygen atoms in total. The van der Waals surface area contributed by atoms with Gasteiger partial charge < -0.3 is 20.0 Å². The summed E-state index contributed by atoms with van der Waals surface area (Å²) in [6.07, 6.45) is 0. The molecule has 0 heterocycles. The van der Waals surface area contributed by atoms with E-state index in [9.17, 15) is 9.90 Å². The maximum Gasteiger partial charge on any atom is 0.141 e. The average molecular weight is 208 g/mol. The van der Waals surface area contributed by atoms with Crippen LogP contribution >= 0.6 is 0 Å². The molecule has 0 atom stereocenters. The highest BCUT2D eigenvalue weighted by Gasteiger charge is 2.20. The molecule has 0 saturated carbocycles. The first-order valence-electron chi connectivity index (χ1n) is 4.60. The SMILES string of the molecule is COc1ccccc1NC(C)(C)C(=O)[O-]. The molecule has 15 heavy (non-hydrogen) atoms. The number of rotatable bonds is 4. The van der Waals surface area contributed by atoms with E-state index in [-0.39, 0.29) is 0 Å². The molecule has 1 rings (SSSR count). The van der Waals surface area contributed by atoms with E-state index in [1.54, 1.807) is 18.2 Å². The van der Waals surface area contributed by atoms with E-state index < -0.39 is 11.5 Å². The third kappa shape index (κ3) is 2.62. The Kier molecular flexibility index (Phi) is 3.19. The van der Waals surface area contributed by atoms with Crippen molar-refractivity contribution in [3.05, 3.63) is 24.3 Å². The van der Waals surface area contributed by atoms with Gasteiger partial charge in [0.25, 0.3) is 0 Å². The van der Waals surface area contributed by atoms with Crippen LogP contribution in [-0.4, -0.2) is 18.6 Å². The van der Waals surface area contributed by atoms with Gasteiger partial charge in [-0.25, -0.2) is 0 Å². The third-order valence-electron chi connectivity index (χ3n) is 2.06. The molecule has 0 bridgehead atoms. The summed E-state index contributed by atoms with van der Waals surface area (Å²) in [5, 5.41) is 13.7. The molecule has 0 radical (unpaired) electrons. The molecule has 0 aromatic heterocycles. The molecule has 1 N–H and O–H groups in total. The monoisotopic (exact) mass is 208 g/mol. The summed E-state index contributed by atoms with van der Waals surface area (Å²) < 4.78 is 5.10. The number of ether oxygens (including phenoxy) is 1. The van der Waals surface area contributed by atoms with E-state index in [4.69, 9.17) is 4.74 Å². The van der Waals surface area contributed by atoms with Crippen LogP contribution in [0.4, 0.5) is 5.69 Å². The molecule has 0 fully saturated rings. The van der Waals surface area contributed by atoms with E-state index >= 15 is 0 Å². The summed E-state index contributed by atoms with van der Waals surface area (Å²) in [6, 6.07) is 7.13. The third-order valence-corrected chi connectivity index (χ3v) is 2.06. The molecule has 0 aliphatic rings. The zero-order chi connectivity index (χ0) is 11.5. The normalized spacial score (nSPS) is 10.9. The van der Waals surface area contributed by atoms with Gasteiger partial charge in [-0.05, 0) is 26.0 Å². The number of carboxylic acids is 1. The highest BCUT2D eigenvalue weighted by atomic mass is 16.5. The lowest BCUT2D eigenvalue weighted by molar-refractivity contribution is -0.310. The predicted octanol–water partition coefficient (Wildman–Crippen LogP) is 0.636. The van der Waals surface area contributed by atoms with Gasteiger partial charge in [-0.1, -0.05) is 12.1 Å². The van der Waals surface area contributed by atoms with Crippen molar-refractivity contribution in [1.29, 1.82) is 0 Å². The fourth-order valence-electron chi connectivity index (χ4n) is 1.14. The number of carbonyl (C=O) groups excluding carboxylic acids is 1. The summed E-state index contributed by atoms with van der Waals surface area (Å²) in [5.74, 6) is -0.555. The topological polar surface area (TPSA) is 61.4 Å². The lowest BCUT2D eigenvalue weighted by Gasteiger charge is -2.29. The minimum Gasteiger partial charge on any atom is -0.548 e. The van der Waals surface area contributed by atoms with Crippen molar-refractivity contribution < 1.29 is 14.6 Å². The van der Waals surface area contributed by atoms with Crippen molar-refractivity contribution in [2.75, 3.05) is 12.4 Å². The minimum atomic E-state index is -1.16. The number of nitrogens with one attached hydrogen (secondary N) is 1. The molecule has 1 aromatic carbocycles. The Morgan fingerprint density at radius 2 is 2.00 bits per heavy atom. The lowest BCUT2D eigenvalue weighted by Crippen LogP contribution is -2.49. The highest BCUT2D eigenvalue weighted by molar-refractivity contribution is 5.80. The molecular formula is C11H14NO3-. The number of carboxylic acid groups (broad SMARTS) is 1. The average Bonchev–Trinajstić information content (AvgIpc) is 2.18. The Morgan fingerprint density at radius 1 is 1.40 bits per heavy atom. The van der Waals surface area contributed by atoms with Gasteiger partial charge in [-0.3, -0.25) is 0 Å². The van der Waals surface area contributed by atoms with Crippen LogP contribution in [-0.2, 0) is 4.79 Å². The maximum absolute atomic E-state index is 10.8. The number of methoxy groups -OCH3 is 1. The van der Waals surface area contributed by atoms with Gasteiger partial charge in [-0.15, -0.1) is 0 Å². The predicted molar refractivity (Wildman–Crippen MR) is 55.7 cm³/mol. The Balaban J connectivity index is 2.94. The zero-order valence-corrected chi connectivity index (χ0v) is 9.03. The van der Waals surface area contributed by atoms with Crippen molar-refractivity contribution in [3.8, 4) is 5.75 Å². The van der Waals surface area contributed by atoms with Gasteiger partial charge in [0, 0.05) is 0 Å². The lowest BCUT2D eigenvalue weighted by atomic mass is 10.1. The van der Waals surface area contributed by atoms with Crippen LogP contribution in [0.5, 0.6) is 5.75 Å². The first-order chi connectivity index (χ1) is 6.97. The Morgan fingerprint density at radius 3 is 2.53 bits per heavy atom. The molecule has 0 aliphatic heterocycles. The van der Waals surface area contributed by atoms with Crippen LogP contribution in [0.15, 0.2) is 24.3 Å². The van der Waals surface area contributed by atoms with Crippen LogP contribution in [0.3, 0.4) is 0 Å². The van der Waals surface area contributed by atoms with Gasteiger partial charge in [-0.2, -0.15) is 0 Å². The Hall–Kier alpha value is -1.71. The summed E-state index contributed by atoms with van der Waals surface area (Å²) >= 11 is 0. The molecule has 0 aliphatic carbocycles. The van der Waals surface area contributed by atoms with Gasteiger partial charge in [0.1, 0.15) is 5.75 Å². The summed E-state index contributed by atoms with van der Waals surface area (Å²) in [6.45, 7) is 3.07. The second kappa shape index (κ2) is 4.21. The van der Waals surface area contributed by atoms with E-state index in [1.165, 1.54) is 21.0 Å². The quantitative estimate of drug-likeness (QED) is 0.788. The van der Waals surface area contributed by atoms with Crippen LogP contribution in [0.25, 0.3) is 0 Å². The molecule has 0 spiro atoms. The number of hydrogen-bond acceptors (Lipinski definition) is 4. The first-order valence-corrected chi connectivity index (χ1v) is 4.60. The van der Waals surface area contributed by atoms with Crippen LogP contribution in [0, 0.1) is 0 Å². The van der Waals surface area contributed by atoms with Gasteiger partial charge in [0.05, 0.1) is 24.3 Å². The number of benzene rings is 1. The van der Waals surface area contributed by atoms with E-state index in [0.29, 0.717) is 11.4 Å². The van der Waals surface area contributed by atoms with Crippen molar-refractivity contribution in [1.82, 2.24) is 0 Å². The summed E-state index contributed by atoms with van der Waals surface area (Å²) in [5.41, 5.74) is -0.497. The number of aliphatic carboxylic acids is 1. The summed E-state index contributed by atoms with van der Waals surface area (Å²) in [4.78, 5) is 10.8. The van der Waals surface area contributed by atoms with Crippen LogP contribution in [0.2, 0.25) is 0 Å². The molecule has 0 saturated heterocycles. The smallest absolute Gasteiger partial charge is 0.141 e. The van der Waals surface area contributed by atoms with Gasteiger partial charge >= 0.3 is 0 Å². The van der Waals surface area contributed by atoms with Gasteiger partial charge in [0.15, 0.2) is 0 Å². The van der Waals surface area contributed by atoms with E-state index in [2.05, 4.69) is 5.32 Å². The second-order valence-electron chi connectivity index (χ2n) is 3.74. The van der Waals surface area contributed by atoms with Crippen molar-refractivity contribution in [2.45, 2.75) is 19.4 Å². The highest BCUT2D eigenvalue weighted by Crippen LogP contribution is 2.26. The molecule has 4 heteroatoms. The molecule has 82 valence electrons. The molecule has 1 aromatic rings. The minimum absolute atomic E-state index is 0.604. The van der Waals surface area contributed by atoms with E-state index in [1.807, 2.05) is 6.07 Å². The first kappa shape index (κ1) is 11.4. The number of hydrogen-bond donors (Lipinski definition) is 1. The summed E-state index contributed by atoms with van der Waals surface area (Å²) in [7, 11) is 1.53. The van der Waals surface area contributed by atoms with Crippen LogP contribution < -0.4 is 15.2 Å². The standard InChI is InChI=1S/C11H15NO3/c1-11(2,10(13)14)12-8-6-4-5-7-9(8)15-3/h4-7,12H,1-3H3,(H,13,14)/p-1. The zero-order valence-electron chi connectivity index (χ0n) is 9.03. The number of anilines is 1. The number of carbonyl (C=O) groups is 1. The van der Waals surface area contributed by atoms with Crippen molar-refractivity contribution in [3.63, 3.8) is 0 Å². The molecular weight excluding hydrogens is 194 g/mol. The largest absolute Gasteiger partial charge is 0.548 e. The number of para-hydroxylation sites is 2. The maximum atomic E-state index is 10.8. The fraction of sp³-hybridized carbons (Fsp3) is 0.364. The Bertz CT molecular complexity index is 361. The van der Waals surface area contributed by atoms with E-state index in [0.717, 1.165) is 0 Å². The van der Waals surface area contributed by atoms with Crippen LogP contribution in [0.1, 0.15) is 13.8 Å². The van der Waals surface area contributed by atoms with Crippen molar-refractivity contribution >= 4 is 11.7 Å².